The third-order valence-corrected chi connectivity index (χ3v) is 3.81. The molecule has 0 amide bonds. The number of halogens is 1. The first-order valence-electron chi connectivity index (χ1n) is 7.43. The number of hydrogen-bond donors (Lipinski definition) is 1. The molecular weight excluding hydrogens is 280 g/mol. The Morgan fingerprint density at radius 2 is 1.81 bits per heavy atom. The molecule has 2 nitrogen and oxygen atoms in total. The second kappa shape index (κ2) is 7.48. The predicted octanol–water partition coefficient (Wildman–Crippen LogP) is 4.26. The Bertz CT molecular complexity index is 567. The van der Waals surface area contributed by atoms with E-state index in [1.54, 1.807) is 0 Å². The molecule has 0 saturated heterocycles. The molecular formula is C18H23ClN2. The molecule has 0 heterocycles. The van der Waals surface area contributed by atoms with Gasteiger partial charge in [0.1, 0.15) is 0 Å². The largest absolute Gasteiger partial charge is 0.366 e. The van der Waals surface area contributed by atoms with Crippen LogP contribution >= 0.6 is 11.6 Å². The molecule has 0 spiro atoms. The van der Waals surface area contributed by atoms with E-state index < -0.39 is 0 Å². The molecule has 0 aromatic heterocycles. The smallest absolute Gasteiger partial charge is 0.0642 e. The van der Waals surface area contributed by atoms with Gasteiger partial charge in [-0.25, -0.2) is 0 Å². The molecule has 0 aliphatic heterocycles. The van der Waals surface area contributed by atoms with Gasteiger partial charge in [-0.15, -0.1) is 0 Å². The van der Waals surface area contributed by atoms with Crippen LogP contribution in [0.15, 0.2) is 48.5 Å². The lowest BCUT2D eigenvalue weighted by Crippen LogP contribution is -2.22. The van der Waals surface area contributed by atoms with Gasteiger partial charge >= 0.3 is 0 Å². The minimum atomic E-state index is 0.151. The molecule has 3 heteroatoms. The Labute approximate surface area is 132 Å². The summed E-state index contributed by atoms with van der Waals surface area (Å²) in [5.74, 6) is 0. The van der Waals surface area contributed by atoms with Gasteiger partial charge in [0.25, 0.3) is 0 Å². The average Bonchev–Trinajstić information content (AvgIpc) is 2.46. The summed E-state index contributed by atoms with van der Waals surface area (Å²) in [6, 6.07) is 16.9. The second-order valence-corrected chi connectivity index (χ2v) is 5.87. The van der Waals surface area contributed by atoms with Crippen molar-refractivity contribution in [2.75, 3.05) is 11.4 Å². The Morgan fingerprint density at radius 3 is 2.38 bits per heavy atom. The maximum atomic E-state index is 6.47. The number of nitrogens with zero attached hydrogens (tertiary/aromatic N) is 1. The Morgan fingerprint density at radius 1 is 1.10 bits per heavy atom. The van der Waals surface area contributed by atoms with Crippen LogP contribution in [-0.2, 0) is 13.0 Å². The van der Waals surface area contributed by atoms with E-state index in [0.29, 0.717) is 0 Å². The van der Waals surface area contributed by atoms with E-state index >= 15 is 0 Å². The van der Waals surface area contributed by atoms with E-state index in [1.165, 1.54) is 11.1 Å². The topological polar surface area (TPSA) is 29.3 Å². The molecule has 2 aromatic rings. The summed E-state index contributed by atoms with van der Waals surface area (Å²) in [7, 11) is 0. The molecule has 0 bridgehead atoms. The maximum Gasteiger partial charge on any atom is 0.0642 e. The van der Waals surface area contributed by atoms with Crippen molar-refractivity contribution in [2.45, 2.75) is 32.9 Å². The number of hydrogen-bond acceptors (Lipinski definition) is 2. The highest BCUT2D eigenvalue weighted by molar-refractivity contribution is 6.33. The fraction of sp³-hybridized carbons (Fsp3) is 0.333. The first-order chi connectivity index (χ1) is 10.1. The van der Waals surface area contributed by atoms with Crippen LogP contribution in [0.1, 0.15) is 25.0 Å². The van der Waals surface area contributed by atoms with Crippen molar-refractivity contribution in [1.29, 1.82) is 0 Å². The lowest BCUT2D eigenvalue weighted by atomic mass is 10.1. The summed E-state index contributed by atoms with van der Waals surface area (Å²) < 4.78 is 0. The molecule has 0 aliphatic rings. The van der Waals surface area contributed by atoms with Gasteiger partial charge in [-0.05, 0) is 43.5 Å². The normalized spacial score (nSPS) is 12.2. The lowest BCUT2D eigenvalue weighted by Gasteiger charge is -2.25. The molecule has 2 N–H and O–H groups in total. The fourth-order valence-electron chi connectivity index (χ4n) is 2.48. The molecule has 0 fully saturated rings. The summed E-state index contributed by atoms with van der Waals surface area (Å²) in [6.07, 6.45) is 0.852. The van der Waals surface area contributed by atoms with E-state index in [2.05, 4.69) is 48.2 Å². The fourth-order valence-corrected chi connectivity index (χ4v) is 2.80. The molecule has 2 rings (SSSR count). The summed E-state index contributed by atoms with van der Waals surface area (Å²) in [4.78, 5) is 2.29. The molecule has 0 radical (unpaired) electrons. The maximum absolute atomic E-state index is 6.47. The molecule has 0 aliphatic carbocycles. The Balaban J connectivity index is 2.18. The van der Waals surface area contributed by atoms with Crippen LogP contribution in [0.25, 0.3) is 0 Å². The van der Waals surface area contributed by atoms with Gasteiger partial charge in [0.2, 0.25) is 0 Å². The van der Waals surface area contributed by atoms with Crippen molar-refractivity contribution in [1.82, 2.24) is 0 Å². The third-order valence-electron chi connectivity index (χ3n) is 3.51. The van der Waals surface area contributed by atoms with Gasteiger partial charge in [0.05, 0.1) is 10.7 Å². The number of anilines is 1. The van der Waals surface area contributed by atoms with E-state index in [9.17, 15) is 0 Å². The van der Waals surface area contributed by atoms with Gasteiger partial charge in [0.15, 0.2) is 0 Å². The Hall–Kier alpha value is -1.51. The van der Waals surface area contributed by atoms with Gasteiger partial charge in [-0.3, -0.25) is 0 Å². The monoisotopic (exact) mass is 302 g/mol. The van der Waals surface area contributed by atoms with Crippen LogP contribution in [0.2, 0.25) is 5.02 Å². The zero-order valence-electron chi connectivity index (χ0n) is 12.7. The van der Waals surface area contributed by atoms with Crippen molar-refractivity contribution < 1.29 is 0 Å². The predicted molar refractivity (Wildman–Crippen MR) is 92.0 cm³/mol. The number of benzene rings is 2. The van der Waals surface area contributed by atoms with E-state index in [4.69, 9.17) is 17.3 Å². The second-order valence-electron chi connectivity index (χ2n) is 5.47. The lowest BCUT2D eigenvalue weighted by molar-refractivity contribution is 0.737. The summed E-state index contributed by atoms with van der Waals surface area (Å²) in [6.45, 7) is 5.94. The van der Waals surface area contributed by atoms with E-state index in [0.717, 1.165) is 30.2 Å². The minimum Gasteiger partial charge on any atom is -0.366 e. The third kappa shape index (κ3) is 4.48. The van der Waals surface area contributed by atoms with Crippen molar-refractivity contribution in [3.63, 3.8) is 0 Å². The molecule has 2 aromatic carbocycles. The van der Waals surface area contributed by atoms with Crippen LogP contribution in [-0.4, -0.2) is 12.6 Å². The van der Waals surface area contributed by atoms with Crippen LogP contribution in [0.3, 0.4) is 0 Å². The van der Waals surface area contributed by atoms with Gasteiger partial charge < -0.3 is 10.6 Å². The van der Waals surface area contributed by atoms with Gasteiger partial charge in [-0.1, -0.05) is 48.0 Å². The van der Waals surface area contributed by atoms with Crippen LogP contribution in [0.5, 0.6) is 0 Å². The molecule has 112 valence electrons. The van der Waals surface area contributed by atoms with Crippen molar-refractivity contribution in [3.05, 3.63) is 64.7 Å². The van der Waals surface area contributed by atoms with Crippen LogP contribution in [0.4, 0.5) is 5.69 Å². The average molecular weight is 303 g/mol. The number of rotatable bonds is 6. The van der Waals surface area contributed by atoms with Crippen LogP contribution < -0.4 is 10.6 Å². The minimum absolute atomic E-state index is 0.151. The molecule has 1 atom stereocenters. The van der Waals surface area contributed by atoms with Gasteiger partial charge in [0, 0.05) is 19.1 Å². The van der Waals surface area contributed by atoms with E-state index in [1.807, 2.05) is 19.1 Å². The van der Waals surface area contributed by atoms with Crippen LogP contribution in [0, 0.1) is 0 Å². The first kappa shape index (κ1) is 15.9. The van der Waals surface area contributed by atoms with Crippen molar-refractivity contribution >= 4 is 17.3 Å². The molecule has 0 saturated carbocycles. The SMILES string of the molecule is CCN(Cc1ccccc1)c1ccc(CC(C)N)cc1Cl. The highest BCUT2D eigenvalue weighted by atomic mass is 35.5. The number of nitrogens with two attached hydrogens (primary N) is 1. The summed E-state index contributed by atoms with van der Waals surface area (Å²) >= 11 is 6.47. The zero-order chi connectivity index (χ0) is 15.2. The van der Waals surface area contributed by atoms with Crippen molar-refractivity contribution in [2.24, 2.45) is 5.73 Å². The Kier molecular flexibility index (Phi) is 5.66. The highest BCUT2D eigenvalue weighted by Gasteiger charge is 2.10. The van der Waals surface area contributed by atoms with E-state index in [-0.39, 0.29) is 6.04 Å². The quantitative estimate of drug-likeness (QED) is 0.864. The summed E-state index contributed by atoms with van der Waals surface area (Å²) in [5.41, 5.74) is 9.40. The highest BCUT2D eigenvalue weighted by Crippen LogP contribution is 2.28. The van der Waals surface area contributed by atoms with Gasteiger partial charge in [-0.2, -0.15) is 0 Å². The molecule has 21 heavy (non-hydrogen) atoms. The van der Waals surface area contributed by atoms with Crippen molar-refractivity contribution in [3.8, 4) is 0 Å². The zero-order valence-corrected chi connectivity index (χ0v) is 13.5. The first-order valence-corrected chi connectivity index (χ1v) is 7.80. The summed E-state index contributed by atoms with van der Waals surface area (Å²) in [5, 5.41) is 0.797. The molecule has 1 unspecified atom stereocenters. The standard InChI is InChI=1S/C18H23ClN2/c1-3-21(13-15-7-5-4-6-8-15)18-10-9-16(11-14(2)20)12-17(18)19/h4-10,12,14H,3,11,13,20H2,1-2H3.